The zero-order chi connectivity index (χ0) is 12.3. The van der Waals surface area contributed by atoms with Gasteiger partial charge < -0.3 is 5.73 Å². The van der Waals surface area contributed by atoms with Crippen LogP contribution in [0.1, 0.15) is 18.4 Å². The molecule has 1 saturated heterocycles. The van der Waals surface area contributed by atoms with E-state index in [1.54, 1.807) is 12.1 Å². The van der Waals surface area contributed by atoms with Crippen molar-refractivity contribution in [3.8, 4) is 0 Å². The molecule has 0 amide bonds. The largest absolute Gasteiger partial charge is 0.330 e. The van der Waals surface area contributed by atoms with E-state index in [0.29, 0.717) is 23.0 Å². The summed E-state index contributed by atoms with van der Waals surface area (Å²) in [7, 11) is 0. The maximum Gasteiger partial charge on any atom is 0.127 e. The van der Waals surface area contributed by atoms with E-state index in [0.717, 1.165) is 32.5 Å². The molecule has 0 radical (unpaired) electrons. The van der Waals surface area contributed by atoms with Crippen LogP contribution in [0.3, 0.4) is 0 Å². The normalized spacial score (nSPS) is 18.5. The summed E-state index contributed by atoms with van der Waals surface area (Å²) in [6.45, 7) is 3.39. The van der Waals surface area contributed by atoms with Crippen molar-refractivity contribution in [2.24, 2.45) is 11.7 Å². The van der Waals surface area contributed by atoms with Gasteiger partial charge in [0.2, 0.25) is 0 Å². The molecule has 0 atom stereocenters. The molecule has 4 heteroatoms. The van der Waals surface area contributed by atoms with E-state index in [4.69, 9.17) is 17.3 Å². The lowest BCUT2D eigenvalue weighted by atomic mass is 9.97. The molecule has 2 nitrogen and oxygen atoms in total. The predicted molar refractivity (Wildman–Crippen MR) is 68.5 cm³/mol. The number of benzene rings is 1. The van der Waals surface area contributed by atoms with Gasteiger partial charge in [-0.15, -0.1) is 0 Å². The molecule has 17 heavy (non-hydrogen) atoms. The number of nitrogens with two attached hydrogens (primary N) is 1. The lowest BCUT2D eigenvalue weighted by Gasteiger charge is -2.31. The van der Waals surface area contributed by atoms with Crippen molar-refractivity contribution >= 4 is 11.6 Å². The van der Waals surface area contributed by atoms with Crippen LogP contribution in [0.5, 0.6) is 0 Å². The smallest absolute Gasteiger partial charge is 0.127 e. The second kappa shape index (κ2) is 5.80. The van der Waals surface area contributed by atoms with Gasteiger partial charge in [0.1, 0.15) is 5.82 Å². The van der Waals surface area contributed by atoms with Crippen molar-refractivity contribution in [3.05, 3.63) is 34.6 Å². The van der Waals surface area contributed by atoms with Crippen LogP contribution in [0.25, 0.3) is 0 Å². The third kappa shape index (κ3) is 3.41. The molecular formula is C13H18ClFN2. The molecule has 0 aromatic heterocycles. The van der Waals surface area contributed by atoms with Gasteiger partial charge >= 0.3 is 0 Å². The quantitative estimate of drug-likeness (QED) is 0.901. The van der Waals surface area contributed by atoms with Crippen LogP contribution in [0, 0.1) is 11.7 Å². The number of piperidine rings is 1. The molecule has 0 bridgehead atoms. The molecule has 94 valence electrons. The van der Waals surface area contributed by atoms with E-state index in [9.17, 15) is 4.39 Å². The van der Waals surface area contributed by atoms with Gasteiger partial charge in [0.05, 0.1) is 0 Å². The van der Waals surface area contributed by atoms with Gasteiger partial charge in [-0.3, -0.25) is 4.90 Å². The maximum atomic E-state index is 13.6. The summed E-state index contributed by atoms with van der Waals surface area (Å²) in [5.41, 5.74) is 6.33. The minimum Gasteiger partial charge on any atom is -0.330 e. The highest BCUT2D eigenvalue weighted by molar-refractivity contribution is 6.30. The van der Waals surface area contributed by atoms with Crippen molar-refractivity contribution < 1.29 is 4.39 Å². The molecule has 0 unspecified atom stereocenters. The molecule has 2 N–H and O–H groups in total. The number of halogens is 2. The average molecular weight is 257 g/mol. The fourth-order valence-electron chi connectivity index (χ4n) is 2.29. The van der Waals surface area contributed by atoms with Gasteiger partial charge in [-0.05, 0) is 56.6 Å². The topological polar surface area (TPSA) is 29.3 Å². The Kier molecular flexibility index (Phi) is 4.37. The van der Waals surface area contributed by atoms with Crippen molar-refractivity contribution in [3.63, 3.8) is 0 Å². The van der Waals surface area contributed by atoms with Gasteiger partial charge in [-0.1, -0.05) is 11.6 Å². The van der Waals surface area contributed by atoms with Crippen molar-refractivity contribution in [2.45, 2.75) is 19.4 Å². The zero-order valence-electron chi connectivity index (χ0n) is 9.83. The molecule has 1 heterocycles. The summed E-state index contributed by atoms with van der Waals surface area (Å²) in [5, 5.41) is 0.596. The highest BCUT2D eigenvalue weighted by Gasteiger charge is 2.18. The van der Waals surface area contributed by atoms with Crippen LogP contribution in [0.15, 0.2) is 18.2 Å². The maximum absolute atomic E-state index is 13.6. The van der Waals surface area contributed by atoms with E-state index in [-0.39, 0.29) is 5.82 Å². The second-order valence-corrected chi connectivity index (χ2v) is 5.13. The molecule has 1 aliphatic rings. The Balaban J connectivity index is 1.95. The summed E-state index contributed by atoms with van der Waals surface area (Å²) >= 11 is 5.88. The van der Waals surface area contributed by atoms with Gasteiger partial charge in [0, 0.05) is 17.1 Å². The van der Waals surface area contributed by atoms with Gasteiger partial charge in [-0.2, -0.15) is 0 Å². The van der Waals surface area contributed by atoms with Crippen LogP contribution in [0.2, 0.25) is 5.02 Å². The van der Waals surface area contributed by atoms with Crippen LogP contribution in [0.4, 0.5) is 4.39 Å². The zero-order valence-corrected chi connectivity index (χ0v) is 10.6. The first-order valence-electron chi connectivity index (χ1n) is 6.05. The first-order valence-corrected chi connectivity index (χ1v) is 6.43. The summed E-state index contributed by atoms with van der Waals surface area (Å²) in [6, 6.07) is 4.73. The fourth-order valence-corrected chi connectivity index (χ4v) is 2.48. The van der Waals surface area contributed by atoms with Crippen LogP contribution < -0.4 is 5.73 Å². The molecule has 1 aromatic carbocycles. The highest BCUT2D eigenvalue weighted by atomic mass is 35.5. The van der Waals surface area contributed by atoms with Gasteiger partial charge in [-0.25, -0.2) is 4.39 Å². The SMILES string of the molecule is NCC1CCN(Cc2cc(Cl)ccc2F)CC1. The molecular weight excluding hydrogens is 239 g/mol. The number of nitrogens with zero attached hydrogens (tertiary/aromatic N) is 1. The minimum absolute atomic E-state index is 0.171. The van der Waals surface area contributed by atoms with Gasteiger partial charge in [0.15, 0.2) is 0 Å². The lowest BCUT2D eigenvalue weighted by molar-refractivity contribution is 0.178. The highest BCUT2D eigenvalue weighted by Crippen LogP contribution is 2.21. The van der Waals surface area contributed by atoms with Crippen LogP contribution in [-0.4, -0.2) is 24.5 Å². The number of hydrogen-bond acceptors (Lipinski definition) is 2. The van der Waals surface area contributed by atoms with Crippen molar-refractivity contribution in [1.29, 1.82) is 0 Å². The van der Waals surface area contributed by atoms with E-state index in [2.05, 4.69) is 4.90 Å². The molecule has 0 aliphatic carbocycles. The van der Waals surface area contributed by atoms with Crippen LogP contribution in [-0.2, 0) is 6.54 Å². The van der Waals surface area contributed by atoms with Crippen molar-refractivity contribution in [2.75, 3.05) is 19.6 Å². The summed E-state index contributed by atoms with van der Waals surface area (Å²) in [4.78, 5) is 2.26. The third-order valence-electron chi connectivity index (χ3n) is 3.44. The number of hydrogen-bond donors (Lipinski definition) is 1. The first-order chi connectivity index (χ1) is 8.19. The Bertz CT molecular complexity index is 376. The average Bonchev–Trinajstić information content (AvgIpc) is 2.35. The van der Waals surface area contributed by atoms with E-state index >= 15 is 0 Å². The van der Waals surface area contributed by atoms with E-state index in [1.807, 2.05) is 0 Å². The van der Waals surface area contributed by atoms with Crippen molar-refractivity contribution in [1.82, 2.24) is 4.90 Å². The lowest BCUT2D eigenvalue weighted by Crippen LogP contribution is -2.35. The monoisotopic (exact) mass is 256 g/mol. The number of rotatable bonds is 3. The van der Waals surface area contributed by atoms with E-state index in [1.165, 1.54) is 6.07 Å². The molecule has 2 rings (SSSR count). The summed E-state index contributed by atoms with van der Waals surface area (Å²) in [5.74, 6) is 0.464. The first kappa shape index (κ1) is 12.8. The molecule has 0 saturated carbocycles. The molecule has 1 aromatic rings. The molecule has 1 aliphatic heterocycles. The molecule has 1 fully saturated rings. The second-order valence-electron chi connectivity index (χ2n) is 4.69. The summed E-state index contributed by atoms with van der Waals surface area (Å²) < 4.78 is 13.6. The third-order valence-corrected chi connectivity index (χ3v) is 3.68. The van der Waals surface area contributed by atoms with Crippen LogP contribution >= 0.6 is 11.6 Å². The Morgan fingerprint density at radius 2 is 2.06 bits per heavy atom. The Morgan fingerprint density at radius 1 is 1.35 bits per heavy atom. The predicted octanol–water partition coefficient (Wildman–Crippen LogP) is 2.65. The van der Waals surface area contributed by atoms with Gasteiger partial charge in [0.25, 0.3) is 0 Å². The van der Waals surface area contributed by atoms with E-state index < -0.39 is 0 Å². The minimum atomic E-state index is -0.171. The Morgan fingerprint density at radius 3 is 2.71 bits per heavy atom. The number of likely N-dealkylation sites (tertiary alicyclic amines) is 1. The molecule has 0 spiro atoms. The Hall–Kier alpha value is -0.640. The summed E-state index contributed by atoms with van der Waals surface area (Å²) in [6.07, 6.45) is 2.22. The Labute approximate surface area is 107 Å². The standard InChI is InChI=1S/C13H18ClFN2/c14-12-1-2-13(15)11(7-12)9-17-5-3-10(8-16)4-6-17/h1-2,7,10H,3-6,8-9,16H2. The fraction of sp³-hybridized carbons (Fsp3) is 0.538.